The lowest BCUT2D eigenvalue weighted by Gasteiger charge is -2.50. The summed E-state index contributed by atoms with van der Waals surface area (Å²) < 4.78 is 0. The Hall–Kier alpha value is -0.0800. The van der Waals surface area contributed by atoms with Crippen molar-refractivity contribution in [1.29, 1.82) is 0 Å². The molecule has 1 aliphatic carbocycles. The van der Waals surface area contributed by atoms with Crippen LogP contribution in [0.1, 0.15) is 59.3 Å². The van der Waals surface area contributed by atoms with Crippen molar-refractivity contribution in [1.82, 2.24) is 0 Å². The molecule has 2 heteroatoms. The monoisotopic (exact) mass is 214 g/mol. The van der Waals surface area contributed by atoms with Crippen LogP contribution in [0, 0.1) is 11.3 Å². The molecule has 0 spiro atoms. The molecule has 1 saturated carbocycles. The van der Waals surface area contributed by atoms with Crippen LogP contribution in [-0.2, 0) is 0 Å². The average Bonchev–Trinajstić information content (AvgIpc) is 2.27. The fourth-order valence-electron chi connectivity index (χ4n) is 3.37. The molecule has 1 rings (SSSR count). The minimum atomic E-state index is -0.670. The third-order valence-corrected chi connectivity index (χ3v) is 4.55. The first-order chi connectivity index (χ1) is 7.03. The summed E-state index contributed by atoms with van der Waals surface area (Å²) in [6, 6.07) is 0. The molecule has 0 radical (unpaired) electrons. The van der Waals surface area contributed by atoms with Crippen molar-refractivity contribution in [2.75, 3.05) is 6.61 Å². The first kappa shape index (κ1) is 13.0. The third-order valence-electron chi connectivity index (χ3n) is 4.55. The predicted octanol–water partition coefficient (Wildman–Crippen LogP) is 2.73. The van der Waals surface area contributed by atoms with E-state index >= 15 is 0 Å². The van der Waals surface area contributed by atoms with Gasteiger partial charge >= 0.3 is 0 Å². The van der Waals surface area contributed by atoms with Crippen LogP contribution in [0.15, 0.2) is 0 Å². The summed E-state index contributed by atoms with van der Waals surface area (Å²) in [5, 5.41) is 20.4. The van der Waals surface area contributed by atoms with E-state index in [2.05, 4.69) is 6.92 Å². The van der Waals surface area contributed by atoms with Gasteiger partial charge in [-0.2, -0.15) is 0 Å². The van der Waals surface area contributed by atoms with E-state index < -0.39 is 5.60 Å². The molecule has 0 saturated heterocycles. The van der Waals surface area contributed by atoms with Crippen LogP contribution in [0.2, 0.25) is 0 Å². The summed E-state index contributed by atoms with van der Waals surface area (Å²) in [4.78, 5) is 0. The highest BCUT2D eigenvalue weighted by atomic mass is 16.3. The van der Waals surface area contributed by atoms with Gasteiger partial charge in [-0.1, -0.05) is 33.6 Å². The standard InChI is InChI=1S/C13H26O2/c1-4-13(15,5-2)12(10-14)8-6-7-11(3)9-12/h11,14-15H,4-10H2,1-3H3. The highest BCUT2D eigenvalue weighted by molar-refractivity contribution is 4.99. The molecule has 0 aromatic heterocycles. The molecule has 2 nitrogen and oxygen atoms in total. The quantitative estimate of drug-likeness (QED) is 0.755. The second-order valence-electron chi connectivity index (χ2n) is 5.38. The van der Waals surface area contributed by atoms with Crippen LogP contribution in [-0.4, -0.2) is 22.4 Å². The number of aliphatic hydroxyl groups is 2. The van der Waals surface area contributed by atoms with Gasteiger partial charge < -0.3 is 10.2 Å². The largest absolute Gasteiger partial charge is 0.396 e. The summed E-state index contributed by atoms with van der Waals surface area (Å²) in [5.74, 6) is 0.635. The molecular weight excluding hydrogens is 188 g/mol. The van der Waals surface area contributed by atoms with Crippen LogP contribution in [0.3, 0.4) is 0 Å². The Balaban J connectivity index is 2.91. The van der Waals surface area contributed by atoms with Crippen LogP contribution in [0.25, 0.3) is 0 Å². The van der Waals surface area contributed by atoms with E-state index in [0.29, 0.717) is 5.92 Å². The molecule has 0 aliphatic heterocycles. The normalized spacial score (nSPS) is 33.0. The zero-order valence-corrected chi connectivity index (χ0v) is 10.4. The Morgan fingerprint density at radius 3 is 2.33 bits per heavy atom. The number of hydrogen-bond donors (Lipinski definition) is 2. The summed E-state index contributed by atoms with van der Waals surface area (Å²) in [5.41, 5.74) is -0.912. The Kier molecular flexibility index (Phi) is 4.19. The van der Waals surface area contributed by atoms with E-state index in [9.17, 15) is 10.2 Å². The highest BCUT2D eigenvalue weighted by Gasteiger charge is 2.49. The smallest absolute Gasteiger partial charge is 0.0720 e. The van der Waals surface area contributed by atoms with Crippen molar-refractivity contribution < 1.29 is 10.2 Å². The fraction of sp³-hybridized carbons (Fsp3) is 1.00. The molecule has 1 fully saturated rings. The minimum Gasteiger partial charge on any atom is -0.396 e. The van der Waals surface area contributed by atoms with Crippen molar-refractivity contribution in [2.24, 2.45) is 11.3 Å². The van der Waals surface area contributed by atoms with E-state index in [-0.39, 0.29) is 12.0 Å². The summed E-state index contributed by atoms with van der Waals surface area (Å²) in [7, 11) is 0. The van der Waals surface area contributed by atoms with Gasteiger partial charge in [-0.15, -0.1) is 0 Å². The first-order valence-electron chi connectivity index (χ1n) is 6.37. The van der Waals surface area contributed by atoms with Crippen LogP contribution in [0.5, 0.6) is 0 Å². The maximum atomic E-state index is 10.7. The van der Waals surface area contributed by atoms with Crippen molar-refractivity contribution in [3.8, 4) is 0 Å². The number of rotatable bonds is 4. The molecular formula is C13H26O2. The Labute approximate surface area is 93.7 Å². The summed E-state index contributed by atoms with van der Waals surface area (Å²) in [6.45, 7) is 6.42. The maximum absolute atomic E-state index is 10.7. The van der Waals surface area contributed by atoms with E-state index in [1.54, 1.807) is 0 Å². The lowest BCUT2D eigenvalue weighted by atomic mass is 9.59. The van der Waals surface area contributed by atoms with Gasteiger partial charge in [0.25, 0.3) is 0 Å². The average molecular weight is 214 g/mol. The molecule has 0 bridgehead atoms. The minimum absolute atomic E-state index is 0.134. The third kappa shape index (κ3) is 2.21. The Morgan fingerprint density at radius 1 is 1.33 bits per heavy atom. The van der Waals surface area contributed by atoms with Gasteiger partial charge in [0.15, 0.2) is 0 Å². The molecule has 15 heavy (non-hydrogen) atoms. The molecule has 0 amide bonds. The van der Waals surface area contributed by atoms with E-state index in [1.165, 1.54) is 6.42 Å². The van der Waals surface area contributed by atoms with Gasteiger partial charge in [0.1, 0.15) is 0 Å². The van der Waals surface area contributed by atoms with Crippen molar-refractivity contribution in [2.45, 2.75) is 64.9 Å². The molecule has 0 heterocycles. The molecule has 0 aromatic rings. The van der Waals surface area contributed by atoms with E-state index in [0.717, 1.165) is 32.1 Å². The van der Waals surface area contributed by atoms with Gasteiger partial charge in [0, 0.05) is 5.41 Å². The van der Waals surface area contributed by atoms with Crippen LogP contribution < -0.4 is 0 Å². The SMILES string of the molecule is CCC(O)(CC)C1(CO)CCCC(C)C1. The zero-order chi connectivity index (χ0) is 11.5. The molecule has 2 atom stereocenters. The highest BCUT2D eigenvalue weighted by Crippen LogP contribution is 2.49. The van der Waals surface area contributed by atoms with Crippen LogP contribution >= 0.6 is 0 Å². The van der Waals surface area contributed by atoms with Gasteiger partial charge in [-0.25, -0.2) is 0 Å². The van der Waals surface area contributed by atoms with Crippen molar-refractivity contribution in [3.05, 3.63) is 0 Å². The molecule has 2 N–H and O–H groups in total. The zero-order valence-electron chi connectivity index (χ0n) is 10.4. The lowest BCUT2D eigenvalue weighted by molar-refractivity contribution is -0.139. The molecule has 90 valence electrons. The molecule has 2 unspecified atom stereocenters. The summed E-state index contributed by atoms with van der Waals surface area (Å²) >= 11 is 0. The Morgan fingerprint density at radius 2 is 1.93 bits per heavy atom. The Bertz CT molecular complexity index is 199. The van der Waals surface area contributed by atoms with Crippen LogP contribution in [0.4, 0.5) is 0 Å². The second kappa shape index (κ2) is 4.84. The molecule has 1 aliphatic rings. The maximum Gasteiger partial charge on any atom is 0.0720 e. The molecule has 0 aromatic carbocycles. The van der Waals surface area contributed by atoms with Gasteiger partial charge in [-0.3, -0.25) is 0 Å². The first-order valence-corrected chi connectivity index (χ1v) is 6.37. The van der Waals surface area contributed by atoms with Gasteiger partial charge in [0.2, 0.25) is 0 Å². The predicted molar refractivity (Wildman–Crippen MR) is 62.7 cm³/mol. The van der Waals surface area contributed by atoms with Gasteiger partial charge in [-0.05, 0) is 31.6 Å². The number of aliphatic hydroxyl groups excluding tert-OH is 1. The van der Waals surface area contributed by atoms with Crippen molar-refractivity contribution >= 4 is 0 Å². The van der Waals surface area contributed by atoms with E-state index in [4.69, 9.17) is 0 Å². The van der Waals surface area contributed by atoms with Crippen molar-refractivity contribution in [3.63, 3.8) is 0 Å². The second-order valence-corrected chi connectivity index (χ2v) is 5.38. The topological polar surface area (TPSA) is 40.5 Å². The fourth-order valence-corrected chi connectivity index (χ4v) is 3.37. The van der Waals surface area contributed by atoms with E-state index in [1.807, 2.05) is 13.8 Å². The lowest BCUT2D eigenvalue weighted by Crippen LogP contribution is -2.52. The number of hydrogen-bond acceptors (Lipinski definition) is 2. The van der Waals surface area contributed by atoms with Gasteiger partial charge in [0.05, 0.1) is 12.2 Å². The summed E-state index contributed by atoms with van der Waals surface area (Å²) in [6.07, 6.45) is 5.83.